The molecule has 1 aliphatic carbocycles. The molecule has 2 heterocycles. The number of nitrogens with two attached hydrogens (primary N) is 1. The fourth-order valence-electron chi connectivity index (χ4n) is 2.35. The molecule has 0 amide bonds. The first-order valence-electron chi connectivity index (χ1n) is 6.27. The third-order valence-corrected chi connectivity index (χ3v) is 5.95. The van der Waals surface area contributed by atoms with Gasteiger partial charge in [-0.25, -0.2) is 17.4 Å². The number of aromatic nitrogens is 2. The second kappa shape index (κ2) is 4.21. The van der Waals surface area contributed by atoms with Crippen molar-refractivity contribution in [3.63, 3.8) is 0 Å². The molecule has 0 aliphatic heterocycles. The quantitative estimate of drug-likeness (QED) is 0.918. The topological polar surface area (TPSA) is 78.0 Å². The van der Waals surface area contributed by atoms with Crippen LogP contribution in [0.3, 0.4) is 0 Å². The van der Waals surface area contributed by atoms with Crippen LogP contribution in [-0.4, -0.2) is 22.1 Å². The summed E-state index contributed by atoms with van der Waals surface area (Å²) in [7, 11) is -3.60. The van der Waals surface area contributed by atoms with Crippen molar-refractivity contribution >= 4 is 26.7 Å². The monoisotopic (exact) mass is 289 g/mol. The van der Waals surface area contributed by atoms with Gasteiger partial charge in [0.05, 0.1) is 0 Å². The van der Waals surface area contributed by atoms with E-state index in [4.69, 9.17) is 5.73 Å². The van der Waals surface area contributed by atoms with Gasteiger partial charge in [-0.15, -0.1) is 0 Å². The van der Waals surface area contributed by atoms with Crippen LogP contribution in [0.4, 0.5) is 5.69 Å². The Bertz CT molecular complexity index is 833. The molecule has 0 bridgehead atoms. The van der Waals surface area contributed by atoms with Crippen LogP contribution in [0.1, 0.15) is 13.3 Å². The van der Waals surface area contributed by atoms with Gasteiger partial charge in [0.25, 0.3) is 0 Å². The lowest BCUT2D eigenvalue weighted by Crippen LogP contribution is -2.37. The van der Waals surface area contributed by atoms with Crippen molar-refractivity contribution in [2.24, 2.45) is 0 Å². The van der Waals surface area contributed by atoms with Crippen molar-refractivity contribution in [2.75, 3.05) is 5.73 Å². The molecular weight excluding hydrogens is 274 g/mol. The van der Waals surface area contributed by atoms with Gasteiger partial charge in [-0.2, -0.15) is 0 Å². The molecule has 0 fully saturated rings. The van der Waals surface area contributed by atoms with E-state index in [1.807, 2.05) is 12.2 Å². The summed E-state index contributed by atoms with van der Waals surface area (Å²) in [5.74, 6) is 0. The summed E-state index contributed by atoms with van der Waals surface area (Å²) < 4.78 is 26.0. The molecule has 1 unspecified atom stereocenters. The molecule has 2 aromatic heterocycles. The van der Waals surface area contributed by atoms with Gasteiger partial charge in [0.15, 0.2) is 5.65 Å². The molecular formula is C14H15N3O2S. The van der Waals surface area contributed by atoms with Crippen molar-refractivity contribution in [3.8, 4) is 0 Å². The number of nitrogens with zero attached hydrogens (tertiary/aromatic N) is 2. The minimum atomic E-state index is -3.60. The highest BCUT2D eigenvalue weighted by atomic mass is 32.2. The summed E-state index contributed by atoms with van der Waals surface area (Å²) >= 11 is 0. The summed E-state index contributed by atoms with van der Waals surface area (Å²) in [5.41, 5.74) is 6.74. The van der Waals surface area contributed by atoms with E-state index in [0.717, 1.165) is 0 Å². The SMILES string of the molecule is CC1(S(=O)(=O)n2ccc3c(N)ccnc32)C=CC=CC1. The normalized spacial score (nSPS) is 22.4. The molecule has 6 heteroatoms. The first-order chi connectivity index (χ1) is 9.46. The van der Waals surface area contributed by atoms with E-state index in [0.29, 0.717) is 23.1 Å². The molecule has 5 nitrogen and oxygen atoms in total. The summed E-state index contributed by atoms with van der Waals surface area (Å²) in [4.78, 5) is 4.16. The maximum Gasteiger partial charge on any atom is 0.249 e. The molecule has 2 aromatic rings. The van der Waals surface area contributed by atoms with Crippen LogP contribution in [0.15, 0.2) is 48.8 Å². The number of rotatable bonds is 2. The van der Waals surface area contributed by atoms with Gasteiger partial charge in [-0.3, -0.25) is 0 Å². The standard InChI is InChI=1S/C14H15N3O2S/c1-14(7-3-2-4-8-14)20(18,19)17-10-6-11-12(15)5-9-16-13(11)17/h2-7,9-10H,8H2,1H3,(H2,15,16). The zero-order valence-corrected chi connectivity index (χ0v) is 11.8. The molecule has 0 saturated heterocycles. The summed E-state index contributed by atoms with van der Waals surface area (Å²) in [6.07, 6.45) is 10.6. The van der Waals surface area contributed by atoms with E-state index in [1.54, 1.807) is 31.2 Å². The Kier molecular flexibility index (Phi) is 2.72. The Morgan fingerprint density at radius 2 is 2.15 bits per heavy atom. The van der Waals surface area contributed by atoms with Crippen LogP contribution < -0.4 is 5.73 Å². The van der Waals surface area contributed by atoms with Crippen molar-refractivity contribution in [3.05, 3.63) is 48.8 Å². The van der Waals surface area contributed by atoms with Crippen LogP contribution in [-0.2, 0) is 10.0 Å². The van der Waals surface area contributed by atoms with Crippen LogP contribution in [0.5, 0.6) is 0 Å². The zero-order chi connectivity index (χ0) is 14.4. The Hall–Kier alpha value is -2.08. The molecule has 2 N–H and O–H groups in total. The number of hydrogen-bond acceptors (Lipinski definition) is 4. The van der Waals surface area contributed by atoms with Crippen molar-refractivity contribution < 1.29 is 8.42 Å². The first-order valence-corrected chi connectivity index (χ1v) is 7.71. The molecule has 1 aliphatic rings. The second-order valence-corrected chi connectivity index (χ2v) is 7.33. The average molecular weight is 289 g/mol. The van der Waals surface area contributed by atoms with E-state index in [1.165, 1.54) is 16.4 Å². The molecule has 104 valence electrons. The molecule has 0 saturated carbocycles. The van der Waals surface area contributed by atoms with Crippen molar-refractivity contribution in [2.45, 2.75) is 18.1 Å². The number of pyridine rings is 1. The first kappa shape index (κ1) is 12.9. The molecule has 0 aromatic carbocycles. The van der Waals surface area contributed by atoms with Gasteiger partial charge in [-0.05, 0) is 25.5 Å². The number of allylic oxidation sites excluding steroid dienone is 3. The lowest BCUT2D eigenvalue weighted by atomic mass is 10.0. The Morgan fingerprint density at radius 1 is 1.35 bits per heavy atom. The van der Waals surface area contributed by atoms with Crippen molar-refractivity contribution in [1.29, 1.82) is 0 Å². The Labute approximate surface area is 117 Å². The highest BCUT2D eigenvalue weighted by Crippen LogP contribution is 2.31. The smallest absolute Gasteiger partial charge is 0.249 e. The maximum atomic E-state index is 12.9. The number of nitrogen functional groups attached to an aromatic ring is 1. The third-order valence-electron chi connectivity index (χ3n) is 3.66. The summed E-state index contributed by atoms with van der Waals surface area (Å²) in [6, 6.07) is 3.34. The van der Waals surface area contributed by atoms with E-state index in [2.05, 4.69) is 4.98 Å². The predicted octanol–water partition coefficient (Wildman–Crippen LogP) is 2.07. The highest BCUT2D eigenvalue weighted by Gasteiger charge is 2.38. The molecule has 0 spiro atoms. The van der Waals surface area contributed by atoms with Crippen LogP contribution in [0.2, 0.25) is 0 Å². The lowest BCUT2D eigenvalue weighted by molar-refractivity contribution is 0.554. The Morgan fingerprint density at radius 3 is 2.85 bits per heavy atom. The minimum absolute atomic E-state index is 0.370. The fourth-order valence-corrected chi connectivity index (χ4v) is 3.95. The maximum absolute atomic E-state index is 12.9. The third kappa shape index (κ3) is 1.68. The van der Waals surface area contributed by atoms with E-state index in [-0.39, 0.29) is 0 Å². The van der Waals surface area contributed by atoms with E-state index in [9.17, 15) is 8.42 Å². The summed E-state index contributed by atoms with van der Waals surface area (Å²) in [6.45, 7) is 1.71. The minimum Gasteiger partial charge on any atom is -0.398 e. The van der Waals surface area contributed by atoms with Gasteiger partial charge >= 0.3 is 0 Å². The van der Waals surface area contributed by atoms with E-state index >= 15 is 0 Å². The number of hydrogen-bond donors (Lipinski definition) is 1. The van der Waals surface area contributed by atoms with Gasteiger partial charge < -0.3 is 5.73 Å². The number of fused-ring (bicyclic) bond motifs is 1. The largest absolute Gasteiger partial charge is 0.398 e. The summed E-state index contributed by atoms with van der Waals surface area (Å²) in [5, 5.41) is 0.648. The van der Waals surface area contributed by atoms with Crippen LogP contribution in [0.25, 0.3) is 11.0 Å². The molecule has 3 rings (SSSR count). The van der Waals surface area contributed by atoms with Gasteiger partial charge in [0, 0.05) is 23.5 Å². The van der Waals surface area contributed by atoms with E-state index < -0.39 is 14.8 Å². The number of anilines is 1. The van der Waals surface area contributed by atoms with Gasteiger partial charge in [-0.1, -0.05) is 24.3 Å². The van der Waals surface area contributed by atoms with Gasteiger partial charge in [0.2, 0.25) is 10.0 Å². The van der Waals surface area contributed by atoms with Crippen molar-refractivity contribution in [1.82, 2.24) is 8.96 Å². The molecule has 20 heavy (non-hydrogen) atoms. The average Bonchev–Trinajstić information content (AvgIpc) is 2.85. The fraction of sp³-hybridized carbons (Fsp3) is 0.214. The highest BCUT2D eigenvalue weighted by molar-refractivity contribution is 7.91. The lowest BCUT2D eigenvalue weighted by Gasteiger charge is -2.26. The van der Waals surface area contributed by atoms with Crippen LogP contribution in [0, 0.1) is 0 Å². The van der Waals surface area contributed by atoms with Crippen LogP contribution >= 0.6 is 0 Å². The Balaban J connectivity index is 2.23. The van der Waals surface area contributed by atoms with Gasteiger partial charge in [0.1, 0.15) is 4.75 Å². The molecule has 0 radical (unpaired) electrons. The molecule has 1 atom stereocenters. The zero-order valence-electron chi connectivity index (χ0n) is 11.0. The predicted molar refractivity (Wildman–Crippen MR) is 79.8 cm³/mol. The second-order valence-electron chi connectivity index (χ2n) is 5.06.